The standard InChI is InChI=1S/C17H14ClN3/c1-12-14(11-13-7-3-2-4-8-13)16(18)21-17(20-12)15-9-5-6-10-19-15/h2-10H,11H2,1H3. The highest BCUT2D eigenvalue weighted by molar-refractivity contribution is 6.30. The Bertz CT molecular complexity index is 719. The molecule has 3 aromatic rings. The Hall–Kier alpha value is -2.26. The minimum Gasteiger partial charge on any atom is -0.253 e. The summed E-state index contributed by atoms with van der Waals surface area (Å²) in [5, 5.41) is 0.493. The van der Waals surface area contributed by atoms with Crippen molar-refractivity contribution < 1.29 is 0 Å². The molecule has 3 nitrogen and oxygen atoms in total. The molecular weight excluding hydrogens is 282 g/mol. The van der Waals surface area contributed by atoms with E-state index in [1.54, 1.807) is 6.20 Å². The van der Waals surface area contributed by atoms with Crippen LogP contribution in [0.1, 0.15) is 16.8 Å². The zero-order chi connectivity index (χ0) is 14.7. The highest BCUT2D eigenvalue weighted by atomic mass is 35.5. The fourth-order valence-corrected chi connectivity index (χ4v) is 2.46. The summed E-state index contributed by atoms with van der Waals surface area (Å²) in [6.07, 6.45) is 2.45. The molecule has 0 saturated carbocycles. The summed E-state index contributed by atoms with van der Waals surface area (Å²) in [6, 6.07) is 15.8. The first-order valence-corrected chi connectivity index (χ1v) is 7.10. The molecule has 2 aromatic heterocycles. The second-order valence-electron chi connectivity index (χ2n) is 4.78. The van der Waals surface area contributed by atoms with Crippen LogP contribution in [0.3, 0.4) is 0 Å². The van der Waals surface area contributed by atoms with Crippen LogP contribution in [0.5, 0.6) is 0 Å². The molecular formula is C17H14ClN3. The van der Waals surface area contributed by atoms with Crippen molar-refractivity contribution in [2.75, 3.05) is 0 Å². The molecule has 0 aliphatic heterocycles. The summed E-state index contributed by atoms with van der Waals surface area (Å²) in [4.78, 5) is 13.2. The van der Waals surface area contributed by atoms with Crippen LogP contribution in [0.4, 0.5) is 0 Å². The maximum atomic E-state index is 6.36. The van der Waals surface area contributed by atoms with Gasteiger partial charge in [-0.25, -0.2) is 9.97 Å². The molecule has 0 saturated heterocycles. The first kappa shape index (κ1) is 13.7. The van der Waals surface area contributed by atoms with Gasteiger partial charge in [-0.2, -0.15) is 0 Å². The van der Waals surface area contributed by atoms with Crippen molar-refractivity contribution in [3.63, 3.8) is 0 Å². The molecule has 21 heavy (non-hydrogen) atoms. The van der Waals surface area contributed by atoms with Gasteiger partial charge in [-0.3, -0.25) is 4.98 Å². The summed E-state index contributed by atoms with van der Waals surface area (Å²) >= 11 is 6.36. The van der Waals surface area contributed by atoms with Gasteiger partial charge in [0.2, 0.25) is 0 Å². The molecule has 104 valence electrons. The molecule has 0 aliphatic carbocycles. The lowest BCUT2D eigenvalue weighted by Gasteiger charge is -2.09. The lowest BCUT2D eigenvalue weighted by molar-refractivity contribution is 1.01. The van der Waals surface area contributed by atoms with Gasteiger partial charge in [-0.15, -0.1) is 0 Å². The molecule has 0 unspecified atom stereocenters. The van der Waals surface area contributed by atoms with E-state index in [0.29, 0.717) is 11.0 Å². The van der Waals surface area contributed by atoms with E-state index in [-0.39, 0.29) is 0 Å². The number of halogens is 1. The Labute approximate surface area is 128 Å². The van der Waals surface area contributed by atoms with Crippen LogP contribution >= 0.6 is 11.6 Å². The quantitative estimate of drug-likeness (QED) is 0.683. The maximum absolute atomic E-state index is 6.36. The van der Waals surface area contributed by atoms with E-state index in [1.165, 1.54) is 5.56 Å². The minimum absolute atomic E-state index is 0.493. The second-order valence-corrected chi connectivity index (χ2v) is 5.14. The van der Waals surface area contributed by atoms with E-state index in [2.05, 4.69) is 27.1 Å². The molecule has 1 aromatic carbocycles. The summed E-state index contributed by atoms with van der Waals surface area (Å²) in [6.45, 7) is 1.96. The van der Waals surface area contributed by atoms with E-state index < -0.39 is 0 Å². The SMILES string of the molecule is Cc1nc(-c2ccccn2)nc(Cl)c1Cc1ccccc1. The maximum Gasteiger partial charge on any atom is 0.179 e. The van der Waals surface area contributed by atoms with Gasteiger partial charge in [0.1, 0.15) is 10.8 Å². The number of hydrogen-bond acceptors (Lipinski definition) is 3. The van der Waals surface area contributed by atoms with Crippen LogP contribution in [-0.2, 0) is 6.42 Å². The van der Waals surface area contributed by atoms with E-state index in [0.717, 1.165) is 23.4 Å². The van der Waals surface area contributed by atoms with E-state index in [1.807, 2.05) is 43.3 Å². The van der Waals surface area contributed by atoms with Gasteiger partial charge in [-0.05, 0) is 24.6 Å². The predicted octanol–water partition coefficient (Wildman–Crippen LogP) is 4.09. The molecule has 2 heterocycles. The third kappa shape index (κ3) is 3.09. The van der Waals surface area contributed by atoms with E-state index in [4.69, 9.17) is 11.6 Å². The number of aromatic nitrogens is 3. The number of hydrogen-bond donors (Lipinski definition) is 0. The predicted molar refractivity (Wildman–Crippen MR) is 84.3 cm³/mol. The summed E-state index contributed by atoms with van der Waals surface area (Å²) in [5.41, 5.74) is 3.77. The smallest absolute Gasteiger partial charge is 0.179 e. The van der Waals surface area contributed by atoms with Gasteiger partial charge in [-0.1, -0.05) is 48.0 Å². The third-order valence-electron chi connectivity index (χ3n) is 3.28. The monoisotopic (exact) mass is 295 g/mol. The van der Waals surface area contributed by atoms with Crippen LogP contribution in [0.15, 0.2) is 54.7 Å². The Kier molecular flexibility index (Phi) is 3.93. The fourth-order valence-electron chi connectivity index (χ4n) is 2.17. The van der Waals surface area contributed by atoms with Crippen LogP contribution in [0.2, 0.25) is 5.15 Å². The van der Waals surface area contributed by atoms with Crippen molar-refractivity contribution >= 4 is 11.6 Å². The molecule has 0 atom stereocenters. The molecule has 0 spiro atoms. The molecule has 0 aliphatic rings. The topological polar surface area (TPSA) is 38.7 Å². The van der Waals surface area contributed by atoms with Crippen molar-refractivity contribution in [1.82, 2.24) is 15.0 Å². The number of rotatable bonds is 3. The molecule has 0 amide bonds. The molecule has 0 N–H and O–H groups in total. The lowest BCUT2D eigenvalue weighted by atomic mass is 10.1. The largest absolute Gasteiger partial charge is 0.253 e. The van der Waals surface area contributed by atoms with Crippen molar-refractivity contribution in [1.29, 1.82) is 0 Å². The normalized spacial score (nSPS) is 10.6. The highest BCUT2D eigenvalue weighted by Gasteiger charge is 2.12. The molecule has 0 radical (unpaired) electrons. The first-order valence-electron chi connectivity index (χ1n) is 6.72. The van der Waals surface area contributed by atoms with Gasteiger partial charge in [0.25, 0.3) is 0 Å². The number of pyridine rings is 1. The second kappa shape index (κ2) is 6.02. The van der Waals surface area contributed by atoms with Crippen LogP contribution in [0.25, 0.3) is 11.5 Å². The van der Waals surface area contributed by atoms with E-state index >= 15 is 0 Å². The average Bonchev–Trinajstić information content (AvgIpc) is 2.52. The number of benzene rings is 1. The zero-order valence-electron chi connectivity index (χ0n) is 11.6. The lowest BCUT2D eigenvalue weighted by Crippen LogP contribution is -2.02. The number of nitrogens with zero attached hydrogens (tertiary/aromatic N) is 3. The Morgan fingerprint density at radius 2 is 1.71 bits per heavy atom. The van der Waals surface area contributed by atoms with Crippen LogP contribution < -0.4 is 0 Å². The minimum atomic E-state index is 0.493. The summed E-state index contributed by atoms with van der Waals surface area (Å²) in [7, 11) is 0. The van der Waals surface area contributed by atoms with Crippen LogP contribution in [-0.4, -0.2) is 15.0 Å². The Balaban J connectivity index is 1.97. The highest BCUT2D eigenvalue weighted by Crippen LogP contribution is 2.23. The van der Waals surface area contributed by atoms with Crippen molar-refractivity contribution in [2.24, 2.45) is 0 Å². The van der Waals surface area contributed by atoms with E-state index in [9.17, 15) is 0 Å². The van der Waals surface area contributed by atoms with Crippen LogP contribution in [0, 0.1) is 6.92 Å². The molecule has 0 fully saturated rings. The van der Waals surface area contributed by atoms with Gasteiger partial charge in [0.05, 0.1) is 0 Å². The average molecular weight is 296 g/mol. The summed E-state index contributed by atoms with van der Waals surface area (Å²) < 4.78 is 0. The van der Waals surface area contributed by atoms with Gasteiger partial charge < -0.3 is 0 Å². The third-order valence-corrected chi connectivity index (χ3v) is 3.59. The van der Waals surface area contributed by atoms with Crippen molar-refractivity contribution in [2.45, 2.75) is 13.3 Å². The van der Waals surface area contributed by atoms with Gasteiger partial charge in [0, 0.05) is 23.9 Å². The molecule has 3 rings (SSSR count). The Morgan fingerprint density at radius 1 is 0.952 bits per heavy atom. The van der Waals surface area contributed by atoms with Gasteiger partial charge >= 0.3 is 0 Å². The molecule has 0 bridgehead atoms. The van der Waals surface area contributed by atoms with Gasteiger partial charge in [0.15, 0.2) is 5.82 Å². The summed E-state index contributed by atoms with van der Waals surface area (Å²) in [5.74, 6) is 0.565. The van der Waals surface area contributed by atoms with Crippen molar-refractivity contribution in [3.05, 3.63) is 76.7 Å². The van der Waals surface area contributed by atoms with Crippen molar-refractivity contribution in [3.8, 4) is 11.5 Å². The number of aryl methyl sites for hydroxylation is 1. The zero-order valence-corrected chi connectivity index (χ0v) is 12.4. The fraction of sp³-hybridized carbons (Fsp3) is 0.118. The Morgan fingerprint density at radius 3 is 2.38 bits per heavy atom. The molecule has 4 heteroatoms. The first-order chi connectivity index (χ1) is 10.2.